The van der Waals surface area contributed by atoms with Gasteiger partial charge in [0.05, 0.1) is 13.2 Å². The van der Waals surface area contributed by atoms with Crippen LogP contribution in [0.15, 0.2) is 24.8 Å². The summed E-state index contributed by atoms with van der Waals surface area (Å²) in [6.07, 6.45) is 2.69. The third-order valence-electron chi connectivity index (χ3n) is 1.84. The molecular weight excluding hydrogens is 226 g/mol. The van der Waals surface area contributed by atoms with Crippen LogP contribution in [0.5, 0.6) is 0 Å². The van der Waals surface area contributed by atoms with Gasteiger partial charge < -0.3 is 15.8 Å². The Hall–Kier alpha value is -1.26. The molecule has 0 spiro atoms. The molecule has 0 aliphatic heterocycles. The van der Waals surface area contributed by atoms with Gasteiger partial charge in [0.1, 0.15) is 11.0 Å². The van der Waals surface area contributed by atoms with Crippen molar-refractivity contribution in [3.8, 4) is 0 Å². The number of halogens is 1. The summed E-state index contributed by atoms with van der Waals surface area (Å²) >= 11 is 5.76. The van der Waals surface area contributed by atoms with Gasteiger partial charge in [-0.1, -0.05) is 17.7 Å². The number of nitrogen functional groups attached to an aromatic ring is 1. The maximum absolute atomic E-state index is 5.76. The van der Waals surface area contributed by atoms with E-state index in [-0.39, 0.29) is 0 Å². The molecule has 0 radical (unpaired) electrons. The lowest BCUT2D eigenvalue weighted by molar-refractivity contribution is 0.149. The number of pyridine rings is 1. The van der Waals surface area contributed by atoms with Crippen molar-refractivity contribution in [3.05, 3.63) is 29.9 Å². The lowest BCUT2D eigenvalue weighted by atomic mass is 10.4. The van der Waals surface area contributed by atoms with Crippen LogP contribution in [-0.4, -0.2) is 24.7 Å². The van der Waals surface area contributed by atoms with Crippen molar-refractivity contribution in [1.29, 1.82) is 0 Å². The quantitative estimate of drug-likeness (QED) is 0.437. The van der Waals surface area contributed by atoms with Gasteiger partial charge in [-0.2, -0.15) is 0 Å². The van der Waals surface area contributed by atoms with Crippen LogP contribution >= 0.6 is 11.6 Å². The van der Waals surface area contributed by atoms with Crippen LogP contribution in [0.4, 0.5) is 11.5 Å². The second kappa shape index (κ2) is 7.09. The van der Waals surface area contributed by atoms with E-state index < -0.39 is 0 Å². The van der Waals surface area contributed by atoms with E-state index in [1.54, 1.807) is 12.1 Å². The summed E-state index contributed by atoms with van der Waals surface area (Å²) in [7, 11) is 0. The summed E-state index contributed by atoms with van der Waals surface area (Å²) in [4.78, 5) is 4.07. The smallest absolute Gasteiger partial charge is 0.133 e. The molecule has 5 heteroatoms. The summed E-state index contributed by atoms with van der Waals surface area (Å²) in [6, 6.07) is 3.34. The Kier molecular flexibility index (Phi) is 5.67. The molecule has 1 rings (SSSR count). The van der Waals surface area contributed by atoms with Crippen molar-refractivity contribution in [2.45, 2.75) is 6.42 Å². The number of nitrogens with two attached hydrogens (primary N) is 1. The van der Waals surface area contributed by atoms with E-state index in [2.05, 4.69) is 16.9 Å². The monoisotopic (exact) mass is 241 g/mol. The van der Waals surface area contributed by atoms with Crippen LogP contribution in [0, 0.1) is 0 Å². The van der Waals surface area contributed by atoms with Gasteiger partial charge in [0.15, 0.2) is 0 Å². The molecule has 0 fully saturated rings. The van der Waals surface area contributed by atoms with Crippen LogP contribution in [0.25, 0.3) is 0 Å². The molecule has 0 aliphatic carbocycles. The van der Waals surface area contributed by atoms with Crippen molar-refractivity contribution < 1.29 is 4.74 Å². The minimum atomic E-state index is 0.384. The van der Waals surface area contributed by atoms with Crippen LogP contribution < -0.4 is 11.1 Å². The molecule has 0 amide bonds. The predicted octanol–water partition coefficient (Wildman–Crippen LogP) is 2.32. The summed E-state index contributed by atoms with van der Waals surface area (Å²) < 4.78 is 5.33. The molecule has 0 saturated heterocycles. The van der Waals surface area contributed by atoms with E-state index >= 15 is 0 Å². The highest BCUT2D eigenvalue weighted by molar-refractivity contribution is 6.29. The van der Waals surface area contributed by atoms with Crippen LogP contribution in [0.3, 0.4) is 0 Å². The van der Waals surface area contributed by atoms with Crippen molar-refractivity contribution in [2.24, 2.45) is 0 Å². The van der Waals surface area contributed by atoms with E-state index in [0.717, 1.165) is 6.42 Å². The first-order valence-electron chi connectivity index (χ1n) is 5.08. The topological polar surface area (TPSA) is 60.2 Å². The Bertz CT molecular complexity index is 324. The van der Waals surface area contributed by atoms with E-state index in [9.17, 15) is 0 Å². The second-order valence-electron chi connectivity index (χ2n) is 3.22. The van der Waals surface area contributed by atoms with Gasteiger partial charge in [-0.05, 0) is 12.5 Å². The number of ether oxygens (including phenoxy) is 1. The number of hydrogen-bond acceptors (Lipinski definition) is 4. The average Bonchev–Trinajstić information content (AvgIpc) is 2.22. The zero-order chi connectivity index (χ0) is 11.8. The molecule has 0 bridgehead atoms. The maximum Gasteiger partial charge on any atom is 0.133 e. The molecular formula is C11H16ClN3O. The zero-order valence-electron chi connectivity index (χ0n) is 9.08. The fraction of sp³-hybridized carbons (Fsp3) is 0.364. The van der Waals surface area contributed by atoms with Gasteiger partial charge in [-0.3, -0.25) is 0 Å². The highest BCUT2D eigenvalue weighted by Crippen LogP contribution is 2.15. The van der Waals surface area contributed by atoms with E-state index in [0.29, 0.717) is 36.4 Å². The van der Waals surface area contributed by atoms with Crippen molar-refractivity contribution in [3.63, 3.8) is 0 Å². The Morgan fingerprint density at radius 2 is 2.31 bits per heavy atom. The Morgan fingerprint density at radius 1 is 1.50 bits per heavy atom. The maximum atomic E-state index is 5.76. The molecule has 0 atom stereocenters. The molecule has 0 unspecified atom stereocenters. The fourth-order valence-electron chi connectivity index (χ4n) is 1.13. The van der Waals surface area contributed by atoms with E-state index in [1.807, 2.05) is 6.08 Å². The van der Waals surface area contributed by atoms with Crippen molar-refractivity contribution in [2.75, 3.05) is 30.8 Å². The van der Waals surface area contributed by atoms with Crippen LogP contribution in [0.1, 0.15) is 6.42 Å². The normalized spacial score (nSPS) is 10.1. The average molecular weight is 242 g/mol. The van der Waals surface area contributed by atoms with E-state index in [1.165, 1.54) is 0 Å². The molecule has 0 saturated carbocycles. The van der Waals surface area contributed by atoms with Crippen LogP contribution in [0.2, 0.25) is 5.15 Å². The minimum absolute atomic E-state index is 0.384. The van der Waals surface area contributed by atoms with Crippen LogP contribution in [-0.2, 0) is 4.74 Å². The molecule has 88 valence electrons. The highest BCUT2D eigenvalue weighted by atomic mass is 35.5. The molecule has 0 aromatic carbocycles. The second-order valence-corrected chi connectivity index (χ2v) is 3.61. The summed E-state index contributed by atoms with van der Waals surface area (Å²) in [6.45, 7) is 5.59. The zero-order valence-corrected chi connectivity index (χ0v) is 9.83. The molecule has 1 aromatic rings. The standard InChI is InChI=1S/C11H16ClN3O/c1-2-3-5-16-6-4-14-11-8-9(13)7-10(12)15-11/h2,7-8H,1,3-6H2,(H3,13,14,15). The summed E-state index contributed by atoms with van der Waals surface area (Å²) in [5.41, 5.74) is 6.22. The number of anilines is 2. The molecule has 3 N–H and O–H groups in total. The number of nitrogens with one attached hydrogen (secondary N) is 1. The Labute approximate surface area is 100 Å². The Balaban J connectivity index is 2.23. The molecule has 4 nitrogen and oxygen atoms in total. The minimum Gasteiger partial charge on any atom is -0.399 e. The number of nitrogens with zero attached hydrogens (tertiary/aromatic N) is 1. The largest absolute Gasteiger partial charge is 0.399 e. The molecule has 1 aromatic heterocycles. The van der Waals surface area contributed by atoms with Gasteiger partial charge in [0, 0.05) is 18.3 Å². The first kappa shape index (κ1) is 12.8. The van der Waals surface area contributed by atoms with E-state index in [4.69, 9.17) is 22.1 Å². The Morgan fingerprint density at radius 3 is 3.00 bits per heavy atom. The number of rotatable bonds is 7. The molecule has 0 aliphatic rings. The fourth-order valence-corrected chi connectivity index (χ4v) is 1.34. The summed E-state index contributed by atoms with van der Waals surface area (Å²) in [5.74, 6) is 0.664. The lowest BCUT2D eigenvalue weighted by Crippen LogP contribution is -2.11. The molecule has 1 heterocycles. The third-order valence-corrected chi connectivity index (χ3v) is 2.03. The number of aromatic nitrogens is 1. The van der Waals surface area contributed by atoms with Gasteiger partial charge in [0.25, 0.3) is 0 Å². The van der Waals surface area contributed by atoms with Gasteiger partial charge in [0.2, 0.25) is 0 Å². The van der Waals surface area contributed by atoms with Crippen molar-refractivity contribution >= 4 is 23.1 Å². The van der Waals surface area contributed by atoms with Gasteiger partial charge >= 0.3 is 0 Å². The first-order valence-corrected chi connectivity index (χ1v) is 5.45. The van der Waals surface area contributed by atoms with Crippen molar-refractivity contribution in [1.82, 2.24) is 4.98 Å². The molecule has 16 heavy (non-hydrogen) atoms. The first-order chi connectivity index (χ1) is 7.72. The highest BCUT2D eigenvalue weighted by Gasteiger charge is 1.97. The number of hydrogen-bond donors (Lipinski definition) is 2. The predicted molar refractivity (Wildman–Crippen MR) is 67.8 cm³/mol. The SMILES string of the molecule is C=CCCOCCNc1cc(N)cc(Cl)n1. The van der Waals surface area contributed by atoms with Gasteiger partial charge in [-0.15, -0.1) is 6.58 Å². The third kappa shape index (κ3) is 5.00. The summed E-state index contributed by atoms with van der Waals surface area (Å²) in [5, 5.41) is 3.46. The lowest BCUT2D eigenvalue weighted by Gasteiger charge is -2.07. The van der Waals surface area contributed by atoms with Gasteiger partial charge in [-0.25, -0.2) is 4.98 Å².